The zero-order chi connectivity index (χ0) is 21.6. The van der Waals surface area contributed by atoms with E-state index in [-0.39, 0.29) is 11.9 Å². The number of carbonyl (C=O) groups is 1. The van der Waals surface area contributed by atoms with Gasteiger partial charge in [-0.25, -0.2) is 8.42 Å². The van der Waals surface area contributed by atoms with E-state index in [1.807, 2.05) is 24.3 Å². The van der Waals surface area contributed by atoms with Crippen LogP contribution in [0.2, 0.25) is 0 Å². The van der Waals surface area contributed by atoms with Crippen LogP contribution in [-0.4, -0.2) is 34.2 Å². The quantitative estimate of drug-likeness (QED) is 0.668. The van der Waals surface area contributed by atoms with E-state index in [4.69, 9.17) is 4.74 Å². The second-order valence-corrected chi connectivity index (χ2v) is 9.31. The molecule has 0 saturated carbocycles. The average molecular weight is 419 g/mol. The molecule has 7 heteroatoms. The van der Waals surface area contributed by atoms with Gasteiger partial charge in [-0.2, -0.15) is 0 Å². The van der Waals surface area contributed by atoms with Crippen molar-refractivity contribution in [1.29, 1.82) is 0 Å². The van der Waals surface area contributed by atoms with Crippen LogP contribution in [0.1, 0.15) is 49.2 Å². The van der Waals surface area contributed by atoms with Gasteiger partial charge in [0.15, 0.2) is 0 Å². The van der Waals surface area contributed by atoms with E-state index in [1.54, 1.807) is 38.3 Å². The number of carbonyl (C=O) groups excluding carboxylic acids is 1. The van der Waals surface area contributed by atoms with Gasteiger partial charge in [-0.05, 0) is 61.2 Å². The molecule has 0 aromatic heterocycles. The van der Waals surface area contributed by atoms with Gasteiger partial charge < -0.3 is 10.1 Å². The van der Waals surface area contributed by atoms with Gasteiger partial charge in [0.25, 0.3) is 5.91 Å². The van der Waals surface area contributed by atoms with Gasteiger partial charge in [-0.1, -0.05) is 26.0 Å². The molecule has 1 atom stereocenters. The maximum absolute atomic E-state index is 12.8. The van der Waals surface area contributed by atoms with Crippen molar-refractivity contribution in [3.8, 4) is 5.75 Å². The summed E-state index contributed by atoms with van der Waals surface area (Å²) in [5.74, 6) is 0.975. The summed E-state index contributed by atoms with van der Waals surface area (Å²) < 4.78 is 30.2. The minimum Gasteiger partial charge on any atom is -0.497 e. The maximum atomic E-state index is 12.8. The van der Waals surface area contributed by atoms with Gasteiger partial charge in [0.05, 0.1) is 25.1 Å². The molecule has 0 aliphatic carbocycles. The van der Waals surface area contributed by atoms with Gasteiger partial charge in [-0.3, -0.25) is 9.10 Å². The Morgan fingerprint density at radius 3 is 2.10 bits per heavy atom. The zero-order valence-corrected chi connectivity index (χ0v) is 18.5. The molecule has 0 fully saturated rings. The number of amides is 1. The number of hydrogen-bond acceptors (Lipinski definition) is 4. The lowest BCUT2D eigenvalue weighted by molar-refractivity contribution is 0.0932. The lowest BCUT2D eigenvalue weighted by atomic mass is 9.96. The van der Waals surface area contributed by atoms with Crippen LogP contribution in [0.4, 0.5) is 5.69 Å². The third-order valence-corrected chi connectivity index (χ3v) is 5.91. The van der Waals surface area contributed by atoms with Crippen molar-refractivity contribution in [3.63, 3.8) is 0 Å². The number of anilines is 1. The second-order valence-electron chi connectivity index (χ2n) is 7.40. The molecule has 0 radical (unpaired) electrons. The summed E-state index contributed by atoms with van der Waals surface area (Å²) in [7, 11) is -1.73. The highest BCUT2D eigenvalue weighted by Gasteiger charge is 2.19. The summed E-state index contributed by atoms with van der Waals surface area (Å²) in [4.78, 5) is 12.8. The van der Waals surface area contributed by atoms with Crippen LogP contribution in [0.3, 0.4) is 0 Å². The summed E-state index contributed by atoms with van der Waals surface area (Å²) in [6.07, 6.45) is 1.97. The van der Waals surface area contributed by atoms with Gasteiger partial charge in [0.2, 0.25) is 10.0 Å². The van der Waals surface area contributed by atoms with Gasteiger partial charge in [0, 0.05) is 12.1 Å². The molecule has 0 aliphatic rings. The topological polar surface area (TPSA) is 75.7 Å². The molecule has 6 nitrogen and oxygen atoms in total. The number of sulfonamides is 1. The lowest BCUT2D eigenvalue weighted by Crippen LogP contribution is -2.30. The van der Waals surface area contributed by atoms with Gasteiger partial charge >= 0.3 is 0 Å². The Labute approximate surface area is 173 Å². The normalized spacial score (nSPS) is 12.5. The van der Waals surface area contributed by atoms with Crippen molar-refractivity contribution in [2.75, 3.05) is 24.2 Å². The number of methoxy groups -OCH3 is 1. The van der Waals surface area contributed by atoms with E-state index >= 15 is 0 Å². The third-order valence-electron chi connectivity index (χ3n) is 4.64. The smallest absolute Gasteiger partial charge is 0.251 e. The largest absolute Gasteiger partial charge is 0.497 e. The summed E-state index contributed by atoms with van der Waals surface area (Å²) in [6.45, 7) is 6.33. The van der Waals surface area contributed by atoms with Crippen LogP contribution >= 0.6 is 0 Å². The fraction of sp³-hybridized carbons (Fsp3) is 0.409. The Hall–Kier alpha value is -2.54. The number of nitrogens with zero attached hydrogens (tertiary/aromatic N) is 1. The molecule has 158 valence electrons. The van der Waals surface area contributed by atoms with E-state index in [2.05, 4.69) is 19.2 Å². The molecule has 0 spiro atoms. The number of rotatable bonds is 9. The Bertz CT molecular complexity index is 907. The fourth-order valence-corrected chi connectivity index (χ4v) is 4.19. The van der Waals surface area contributed by atoms with Gasteiger partial charge in [0.1, 0.15) is 5.75 Å². The molecule has 2 aromatic rings. The molecular formula is C22H30N2O4S. The van der Waals surface area contributed by atoms with Crippen LogP contribution in [0.5, 0.6) is 5.75 Å². The number of nitrogens with one attached hydrogen (secondary N) is 1. The molecule has 1 N–H and O–H groups in total. The summed E-state index contributed by atoms with van der Waals surface area (Å²) in [6, 6.07) is 14.2. The highest BCUT2D eigenvalue weighted by atomic mass is 32.2. The number of ether oxygens (including phenoxy) is 1. The predicted octanol–water partition coefficient (Wildman–Crippen LogP) is 4.00. The van der Waals surface area contributed by atoms with Crippen LogP contribution in [0.15, 0.2) is 48.5 Å². The zero-order valence-electron chi connectivity index (χ0n) is 17.7. The third kappa shape index (κ3) is 6.22. The first kappa shape index (κ1) is 22.7. The van der Waals surface area contributed by atoms with E-state index in [0.29, 0.717) is 23.7 Å². The van der Waals surface area contributed by atoms with E-state index < -0.39 is 10.0 Å². The van der Waals surface area contributed by atoms with E-state index in [0.717, 1.165) is 17.7 Å². The predicted molar refractivity (Wildman–Crippen MR) is 117 cm³/mol. The molecule has 2 aromatic carbocycles. The Morgan fingerprint density at radius 2 is 1.66 bits per heavy atom. The Morgan fingerprint density at radius 1 is 1.07 bits per heavy atom. The second kappa shape index (κ2) is 9.78. The molecule has 0 saturated heterocycles. The number of hydrogen-bond donors (Lipinski definition) is 1. The highest BCUT2D eigenvalue weighted by molar-refractivity contribution is 7.92. The lowest BCUT2D eigenvalue weighted by Gasteiger charge is -2.22. The van der Waals surface area contributed by atoms with Crippen molar-refractivity contribution >= 4 is 21.6 Å². The average Bonchev–Trinajstić information content (AvgIpc) is 2.67. The molecule has 0 bridgehead atoms. The Balaban J connectivity index is 2.20. The first-order chi connectivity index (χ1) is 13.7. The van der Waals surface area contributed by atoms with Crippen LogP contribution in [0, 0.1) is 5.92 Å². The molecule has 1 amide bonds. The molecule has 2 rings (SSSR count). The first-order valence-electron chi connectivity index (χ1n) is 9.68. The molecule has 0 unspecified atom stereocenters. The maximum Gasteiger partial charge on any atom is 0.251 e. The van der Waals surface area contributed by atoms with E-state index in [9.17, 15) is 13.2 Å². The molecule has 0 aliphatic heterocycles. The summed E-state index contributed by atoms with van der Waals surface area (Å²) >= 11 is 0. The summed E-state index contributed by atoms with van der Waals surface area (Å²) in [5.41, 5.74) is 2.04. The molecular weight excluding hydrogens is 388 g/mol. The number of benzene rings is 2. The van der Waals surface area contributed by atoms with Gasteiger partial charge in [-0.15, -0.1) is 0 Å². The van der Waals surface area contributed by atoms with Crippen LogP contribution in [-0.2, 0) is 10.0 Å². The minimum atomic E-state index is -3.35. The first-order valence-corrected chi connectivity index (χ1v) is 11.5. The van der Waals surface area contributed by atoms with Crippen LogP contribution in [0.25, 0.3) is 0 Å². The van der Waals surface area contributed by atoms with Crippen molar-refractivity contribution in [1.82, 2.24) is 5.32 Å². The van der Waals surface area contributed by atoms with Crippen molar-refractivity contribution < 1.29 is 17.9 Å². The minimum absolute atomic E-state index is 0.128. The molecule has 29 heavy (non-hydrogen) atoms. The van der Waals surface area contributed by atoms with E-state index in [1.165, 1.54) is 10.6 Å². The summed E-state index contributed by atoms with van der Waals surface area (Å²) in [5, 5.41) is 3.10. The SMILES string of the molecule is CCN(c1ccc(C(=O)N[C@@H](CC(C)C)c2ccc(OC)cc2)cc1)S(C)(=O)=O. The monoisotopic (exact) mass is 418 g/mol. The molecule has 0 heterocycles. The van der Waals surface area contributed by atoms with Crippen molar-refractivity contribution in [3.05, 3.63) is 59.7 Å². The van der Waals surface area contributed by atoms with Crippen LogP contribution < -0.4 is 14.4 Å². The van der Waals surface area contributed by atoms with Crippen molar-refractivity contribution in [2.24, 2.45) is 5.92 Å². The highest BCUT2D eigenvalue weighted by Crippen LogP contribution is 2.24. The Kier molecular flexibility index (Phi) is 7.67. The standard InChI is InChI=1S/C22H30N2O4S/c1-6-24(29(5,26)27)19-11-7-18(8-12-19)22(25)23-21(15-16(2)3)17-9-13-20(28-4)14-10-17/h7-14,16,21H,6,15H2,1-5H3,(H,23,25)/t21-/m0/s1. The fourth-order valence-electron chi connectivity index (χ4n) is 3.22. The van der Waals surface area contributed by atoms with Crippen molar-refractivity contribution in [2.45, 2.75) is 33.2 Å².